The monoisotopic (exact) mass is 597 g/mol. The molecule has 0 N–H and O–H groups in total. The van der Waals surface area contributed by atoms with Gasteiger partial charge in [0.25, 0.3) is 0 Å². The largest absolute Gasteiger partial charge is 0.309 e. The van der Waals surface area contributed by atoms with Crippen molar-refractivity contribution in [2.45, 2.75) is 0 Å². The van der Waals surface area contributed by atoms with Crippen LogP contribution in [0.25, 0.3) is 60.1 Å². The summed E-state index contributed by atoms with van der Waals surface area (Å²) >= 11 is 0. The summed E-state index contributed by atoms with van der Waals surface area (Å²) in [6.07, 6.45) is 4.16. The molecular weight excluding hydrogens is 571 g/mol. The van der Waals surface area contributed by atoms with Gasteiger partial charge in [-0.05, 0) is 67.7 Å². The summed E-state index contributed by atoms with van der Waals surface area (Å²) in [7, 11) is 0. The van der Waals surface area contributed by atoms with Crippen molar-refractivity contribution in [1.82, 2.24) is 0 Å². The number of anilines is 3. The Morgan fingerprint density at radius 3 is 1.64 bits per heavy atom. The van der Waals surface area contributed by atoms with Crippen LogP contribution in [0.2, 0.25) is 0 Å². The summed E-state index contributed by atoms with van der Waals surface area (Å²) in [5, 5.41) is 18.0. The van der Waals surface area contributed by atoms with E-state index < -0.39 is 0 Å². The van der Waals surface area contributed by atoms with Gasteiger partial charge in [0.15, 0.2) is 0 Å². The van der Waals surface area contributed by atoms with Crippen molar-refractivity contribution >= 4 is 78.0 Å². The standard InChI is InChI=1S/C44H27N3/c1-46-44-39-17-7-6-16-37(39)41(29-45)38-27-24-31(28-40(38)44)21-20-30-22-25-34(26-23-30)47(42-18-8-12-32-10-2-4-14-35(32)42)43-19-9-13-33-11-3-5-15-36(33)43/h2-28H. The van der Waals surface area contributed by atoms with E-state index >= 15 is 0 Å². The van der Waals surface area contributed by atoms with Gasteiger partial charge in [0.05, 0.1) is 23.5 Å². The molecule has 47 heavy (non-hydrogen) atoms. The van der Waals surface area contributed by atoms with Crippen molar-refractivity contribution in [3.8, 4) is 6.07 Å². The smallest absolute Gasteiger partial charge is 0.202 e. The lowest BCUT2D eigenvalue weighted by molar-refractivity contribution is 1.31. The predicted molar refractivity (Wildman–Crippen MR) is 197 cm³/mol. The molecule has 0 unspecified atom stereocenters. The third-order valence-electron chi connectivity index (χ3n) is 8.88. The van der Waals surface area contributed by atoms with E-state index in [1.807, 2.05) is 42.5 Å². The molecule has 0 aliphatic heterocycles. The van der Waals surface area contributed by atoms with Crippen LogP contribution in [0.15, 0.2) is 152 Å². The molecule has 0 amide bonds. The first kappa shape index (κ1) is 27.8. The fourth-order valence-electron chi connectivity index (χ4n) is 6.66. The van der Waals surface area contributed by atoms with Crippen molar-refractivity contribution in [1.29, 1.82) is 5.26 Å². The Morgan fingerprint density at radius 1 is 0.511 bits per heavy atom. The van der Waals surface area contributed by atoms with Crippen LogP contribution in [0.4, 0.5) is 22.7 Å². The van der Waals surface area contributed by atoms with Gasteiger partial charge >= 0.3 is 0 Å². The van der Waals surface area contributed by atoms with Crippen LogP contribution in [0, 0.1) is 17.9 Å². The maximum Gasteiger partial charge on any atom is 0.202 e. The molecule has 218 valence electrons. The van der Waals surface area contributed by atoms with Crippen LogP contribution >= 0.6 is 0 Å². The van der Waals surface area contributed by atoms with E-state index in [0.717, 1.165) is 49.7 Å². The average Bonchev–Trinajstić information content (AvgIpc) is 3.13. The number of rotatable bonds is 5. The highest BCUT2D eigenvalue weighted by Gasteiger charge is 2.18. The van der Waals surface area contributed by atoms with Gasteiger partial charge in [-0.3, -0.25) is 0 Å². The molecule has 0 spiro atoms. The Morgan fingerprint density at radius 2 is 1.02 bits per heavy atom. The molecule has 0 fully saturated rings. The van der Waals surface area contributed by atoms with E-state index in [4.69, 9.17) is 6.57 Å². The molecule has 0 aliphatic rings. The molecule has 3 nitrogen and oxygen atoms in total. The summed E-state index contributed by atoms with van der Waals surface area (Å²) in [5.41, 5.74) is 6.54. The zero-order valence-corrected chi connectivity index (χ0v) is 25.4. The number of nitrogens with zero attached hydrogens (tertiary/aromatic N) is 3. The first-order chi connectivity index (χ1) is 23.2. The molecular formula is C44H27N3. The fraction of sp³-hybridized carbons (Fsp3) is 0. The molecule has 0 atom stereocenters. The van der Waals surface area contributed by atoms with Crippen LogP contribution in [-0.2, 0) is 0 Å². The van der Waals surface area contributed by atoms with Crippen LogP contribution in [0.1, 0.15) is 16.7 Å². The maximum atomic E-state index is 9.98. The minimum Gasteiger partial charge on any atom is -0.309 e. The van der Waals surface area contributed by atoms with E-state index in [1.165, 1.54) is 21.5 Å². The summed E-state index contributed by atoms with van der Waals surface area (Å²) in [6, 6.07) is 54.6. The first-order valence-electron chi connectivity index (χ1n) is 15.5. The third-order valence-corrected chi connectivity index (χ3v) is 8.88. The SMILES string of the molecule is [C-]#[N+]c1c2ccccc2c(C#N)c2ccc(C=Cc3ccc(N(c4cccc5ccccc45)c4cccc5ccccc45)cc3)cc12. The van der Waals surface area contributed by atoms with Crippen LogP contribution in [0.3, 0.4) is 0 Å². The normalized spacial score (nSPS) is 11.3. The van der Waals surface area contributed by atoms with Crippen LogP contribution < -0.4 is 4.90 Å². The van der Waals surface area contributed by atoms with E-state index in [0.29, 0.717) is 11.3 Å². The Kier molecular flexibility index (Phi) is 6.92. The highest BCUT2D eigenvalue weighted by atomic mass is 15.1. The lowest BCUT2D eigenvalue weighted by Gasteiger charge is -2.28. The number of hydrogen-bond donors (Lipinski definition) is 0. The lowest BCUT2D eigenvalue weighted by atomic mass is 9.94. The number of nitriles is 1. The van der Waals surface area contributed by atoms with Crippen molar-refractivity contribution in [2.75, 3.05) is 4.90 Å². The first-order valence-corrected chi connectivity index (χ1v) is 15.5. The molecule has 0 saturated carbocycles. The summed E-state index contributed by atoms with van der Waals surface area (Å²) in [6.45, 7) is 7.93. The van der Waals surface area contributed by atoms with E-state index in [2.05, 4.69) is 137 Å². The second-order valence-corrected chi connectivity index (χ2v) is 11.6. The number of benzene rings is 8. The van der Waals surface area contributed by atoms with Crippen molar-refractivity contribution in [3.05, 3.63) is 180 Å². The van der Waals surface area contributed by atoms with E-state index in [1.54, 1.807) is 0 Å². The van der Waals surface area contributed by atoms with Gasteiger partial charge in [-0.2, -0.15) is 5.26 Å². The number of hydrogen-bond acceptors (Lipinski definition) is 2. The van der Waals surface area contributed by atoms with E-state index in [-0.39, 0.29) is 0 Å². The van der Waals surface area contributed by atoms with Crippen molar-refractivity contribution < 1.29 is 0 Å². The molecule has 8 aromatic carbocycles. The van der Waals surface area contributed by atoms with Gasteiger partial charge in [0.2, 0.25) is 5.69 Å². The molecule has 0 heterocycles. The minimum absolute atomic E-state index is 0.580. The van der Waals surface area contributed by atoms with Crippen molar-refractivity contribution in [2.24, 2.45) is 0 Å². The summed E-state index contributed by atoms with van der Waals surface area (Å²) in [4.78, 5) is 6.24. The van der Waals surface area contributed by atoms with E-state index in [9.17, 15) is 5.26 Å². The molecule has 0 bridgehead atoms. The molecule has 8 aromatic rings. The number of fused-ring (bicyclic) bond motifs is 4. The molecule has 0 saturated heterocycles. The third kappa shape index (κ3) is 4.84. The van der Waals surface area contributed by atoms with Gasteiger partial charge < -0.3 is 4.90 Å². The maximum absolute atomic E-state index is 9.98. The molecule has 0 radical (unpaired) electrons. The van der Waals surface area contributed by atoms with Gasteiger partial charge in [-0.15, -0.1) is 0 Å². The predicted octanol–water partition coefficient (Wildman–Crippen LogP) is 12.4. The molecule has 0 aromatic heterocycles. The highest BCUT2D eigenvalue weighted by molar-refractivity contribution is 6.15. The highest BCUT2D eigenvalue weighted by Crippen LogP contribution is 2.42. The fourth-order valence-corrected chi connectivity index (χ4v) is 6.66. The minimum atomic E-state index is 0.580. The summed E-state index contributed by atoms with van der Waals surface area (Å²) < 4.78 is 0. The van der Waals surface area contributed by atoms with Crippen LogP contribution in [0.5, 0.6) is 0 Å². The Labute approximate surface area is 273 Å². The zero-order chi connectivity index (χ0) is 31.7. The quantitative estimate of drug-likeness (QED) is 0.112. The zero-order valence-electron chi connectivity index (χ0n) is 25.4. The van der Waals surface area contributed by atoms with Gasteiger partial charge in [0, 0.05) is 16.5 Å². The Hall–Kier alpha value is -6.68. The van der Waals surface area contributed by atoms with Crippen LogP contribution in [-0.4, -0.2) is 0 Å². The summed E-state index contributed by atoms with van der Waals surface area (Å²) in [5.74, 6) is 0. The molecule has 8 rings (SSSR count). The molecule has 0 aliphatic carbocycles. The van der Waals surface area contributed by atoms with Gasteiger partial charge in [-0.25, -0.2) is 4.85 Å². The second-order valence-electron chi connectivity index (χ2n) is 11.6. The Bertz CT molecular complexity index is 2510. The van der Waals surface area contributed by atoms with Crippen molar-refractivity contribution in [3.63, 3.8) is 0 Å². The molecule has 3 heteroatoms. The Balaban J connectivity index is 1.20. The average molecular weight is 598 g/mol. The van der Waals surface area contributed by atoms with Gasteiger partial charge in [-0.1, -0.05) is 140 Å². The second kappa shape index (κ2) is 11.7. The lowest BCUT2D eigenvalue weighted by Crippen LogP contribution is -2.11. The topological polar surface area (TPSA) is 31.4 Å². The van der Waals surface area contributed by atoms with Gasteiger partial charge in [0.1, 0.15) is 6.07 Å².